The summed E-state index contributed by atoms with van der Waals surface area (Å²) in [5.41, 5.74) is 10.4. The van der Waals surface area contributed by atoms with Crippen LogP contribution in [0.1, 0.15) is 35.3 Å². The van der Waals surface area contributed by atoms with Crippen molar-refractivity contribution in [1.29, 1.82) is 0 Å². The van der Waals surface area contributed by atoms with Crippen LogP contribution in [0.15, 0.2) is 52.4 Å². The van der Waals surface area contributed by atoms with Gasteiger partial charge in [-0.05, 0) is 35.4 Å². The van der Waals surface area contributed by atoms with Gasteiger partial charge in [-0.2, -0.15) is 5.10 Å². The van der Waals surface area contributed by atoms with Crippen LogP contribution in [0.2, 0.25) is 5.02 Å². The molecule has 2 heterocycles. The number of hydrogen-bond donors (Lipinski definition) is 4. The predicted octanol–water partition coefficient (Wildman–Crippen LogP) is 1.80. The molecule has 9 heteroatoms. The van der Waals surface area contributed by atoms with Crippen molar-refractivity contribution in [3.8, 4) is 0 Å². The summed E-state index contributed by atoms with van der Waals surface area (Å²) in [6.45, 7) is 0.920. The van der Waals surface area contributed by atoms with E-state index in [1.54, 1.807) is 24.3 Å². The number of amides is 1. The van der Waals surface area contributed by atoms with Crippen molar-refractivity contribution in [2.45, 2.75) is 18.4 Å². The summed E-state index contributed by atoms with van der Waals surface area (Å²) >= 11 is 6.00. The standard InChI is InChI=1S/C21H21ClN6O2/c22-15-4-1-12(2-5-15)19(27-18(29)7-8-23)20-26-17-6-3-13(14-10-24-25-11-14)9-16(17)21(30)28-20/h1-6,9-10,14,19,25H,7-8,11,23H2,(H,27,29)(H,26,28,30). The van der Waals surface area contributed by atoms with Crippen LogP contribution in [0, 0.1) is 0 Å². The van der Waals surface area contributed by atoms with E-state index in [0.717, 1.165) is 11.1 Å². The molecule has 4 rings (SSSR count). The number of aromatic amines is 1. The summed E-state index contributed by atoms with van der Waals surface area (Å²) in [5, 5.41) is 7.98. The molecular weight excluding hydrogens is 404 g/mol. The van der Waals surface area contributed by atoms with Crippen LogP contribution in [0.5, 0.6) is 0 Å². The lowest BCUT2D eigenvalue weighted by Crippen LogP contribution is -2.33. The van der Waals surface area contributed by atoms with E-state index in [0.29, 0.717) is 28.3 Å². The molecule has 30 heavy (non-hydrogen) atoms. The van der Waals surface area contributed by atoms with Crippen molar-refractivity contribution in [3.05, 3.63) is 74.8 Å². The topological polar surface area (TPSA) is 125 Å². The highest BCUT2D eigenvalue weighted by Gasteiger charge is 2.21. The second-order valence-corrected chi connectivity index (χ2v) is 7.50. The minimum Gasteiger partial charge on any atom is -0.342 e. The Kier molecular flexibility index (Phi) is 5.78. The molecule has 1 aliphatic heterocycles. The molecule has 1 amide bonds. The van der Waals surface area contributed by atoms with Crippen LogP contribution in [-0.2, 0) is 4.79 Å². The van der Waals surface area contributed by atoms with E-state index >= 15 is 0 Å². The smallest absolute Gasteiger partial charge is 0.258 e. The lowest BCUT2D eigenvalue weighted by Gasteiger charge is -2.19. The monoisotopic (exact) mass is 424 g/mol. The first kappa shape index (κ1) is 20.1. The van der Waals surface area contributed by atoms with Crippen molar-refractivity contribution in [1.82, 2.24) is 20.7 Å². The van der Waals surface area contributed by atoms with Crippen molar-refractivity contribution < 1.29 is 4.79 Å². The van der Waals surface area contributed by atoms with Crippen molar-refractivity contribution in [2.75, 3.05) is 13.1 Å². The average molecular weight is 425 g/mol. The molecule has 0 bridgehead atoms. The Balaban J connectivity index is 1.75. The van der Waals surface area contributed by atoms with Crippen LogP contribution in [-0.4, -0.2) is 35.2 Å². The highest BCUT2D eigenvalue weighted by molar-refractivity contribution is 6.30. The Hall–Kier alpha value is -3.23. The Bertz CT molecular complexity index is 1160. The number of aromatic nitrogens is 2. The molecule has 1 aromatic heterocycles. The van der Waals surface area contributed by atoms with Gasteiger partial charge in [0.1, 0.15) is 11.9 Å². The molecule has 154 valence electrons. The van der Waals surface area contributed by atoms with E-state index in [9.17, 15) is 9.59 Å². The highest BCUT2D eigenvalue weighted by atomic mass is 35.5. The zero-order chi connectivity index (χ0) is 21.1. The van der Waals surface area contributed by atoms with Crippen molar-refractivity contribution in [3.63, 3.8) is 0 Å². The van der Waals surface area contributed by atoms with Gasteiger partial charge < -0.3 is 21.5 Å². The van der Waals surface area contributed by atoms with Crippen LogP contribution < -0.4 is 22.0 Å². The molecule has 0 aliphatic carbocycles. The van der Waals surface area contributed by atoms with Gasteiger partial charge in [-0.3, -0.25) is 9.59 Å². The molecule has 0 fully saturated rings. The number of rotatable bonds is 6. The fraction of sp³-hybridized carbons (Fsp3) is 0.238. The molecule has 8 nitrogen and oxygen atoms in total. The third kappa shape index (κ3) is 4.19. The maximum absolute atomic E-state index is 12.9. The number of nitrogens with one attached hydrogen (secondary N) is 3. The highest BCUT2D eigenvalue weighted by Crippen LogP contribution is 2.24. The van der Waals surface area contributed by atoms with Gasteiger partial charge >= 0.3 is 0 Å². The summed E-state index contributed by atoms with van der Waals surface area (Å²) in [4.78, 5) is 32.6. The molecule has 0 saturated heterocycles. The molecule has 0 spiro atoms. The van der Waals surface area contributed by atoms with Gasteiger partial charge in [0.2, 0.25) is 5.91 Å². The molecule has 0 saturated carbocycles. The first-order valence-corrected chi connectivity index (χ1v) is 9.98. The van der Waals surface area contributed by atoms with E-state index in [1.807, 2.05) is 24.4 Å². The number of H-pyrrole nitrogens is 1. The van der Waals surface area contributed by atoms with Gasteiger partial charge in [-0.25, -0.2) is 4.98 Å². The third-order valence-corrected chi connectivity index (χ3v) is 5.24. The number of nitrogens with two attached hydrogens (primary N) is 1. The van der Waals surface area contributed by atoms with Gasteiger partial charge in [0.25, 0.3) is 5.56 Å². The summed E-state index contributed by atoms with van der Waals surface area (Å²) in [7, 11) is 0. The van der Waals surface area contributed by atoms with Gasteiger partial charge in [-0.1, -0.05) is 29.8 Å². The molecule has 0 radical (unpaired) electrons. The average Bonchev–Trinajstić information content (AvgIpc) is 3.28. The molecular formula is C21H21ClN6O2. The largest absolute Gasteiger partial charge is 0.342 e. The van der Waals surface area contributed by atoms with Gasteiger partial charge in [0.05, 0.1) is 10.9 Å². The fourth-order valence-electron chi connectivity index (χ4n) is 3.42. The Labute approximate surface area is 177 Å². The third-order valence-electron chi connectivity index (χ3n) is 4.99. The summed E-state index contributed by atoms with van der Waals surface area (Å²) in [6, 6.07) is 12.0. The number of carbonyl (C=O) groups is 1. The minimum atomic E-state index is -0.635. The number of hydrogen-bond acceptors (Lipinski definition) is 6. The first-order valence-electron chi connectivity index (χ1n) is 9.60. The maximum Gasteiger partial charge on any atom is 0.258 e. The lowest BCUT2D eigenvalue weighted by molar-refractivity contribution is -0.121. The number of hydrazone groups is 1. The minimum absolute atomic E-state index is 0.117. The molecule has 3 aromatic rings. The van der Waals surface area contributed by atoms with Crippen molar-refractivity contribution >= 4 is 34.6 Å². The predicted molar refractivity (Wildman–Crippen MR) is 117 cm³/mol. The molecule has 1 aliphatic rings. The van der Waals surface area contributed by atoms with E-state index in [2.05, 4.69) is 25.8 Å². The Morgan fingerprint density at radius 1 is 1.27 bits per heavy atom. The van der Waals surface area contributed by atoms with E-state index in [-0.39, 0.29) is 30.3 Å². The second-order valence-electron chi connectivity index (χ2n) is 7.07. The van der Waals surface area contributed by atoms with Crippen LogP contribution in [0.25, 0.3) is 10.9 Å². The zero-order valence-corrected chi connectivity index (χ0v) is 16.8. The van der Waals surface area contributed by atoms with Crippen molar-refractivity contribution in [2.24, 2.45) is 10.8 Å². The summed E-state index contributed by atoms with van der Waals surface area (Å²) < 4.78 is 0. The van der Waals surface area contributed by atoms with E-state index in [4.69, 9.17) is 17.3 Å². The van der Waals surface area contributed by atoms with Gasteiger partial charge in [0.15, 0.2) is 0 Å². The summed E-state index contributed by atoms with van der Waals surface area (Å²) in [6.07, 6.45) is 1.99. The second kappa shape index (κ2) is 8.64. The van der Waals surface area contributed by atoms with Gasteiger partial charge in [-0.15, -0.1) is 0 Å². The number of nitrogens with zero attached hydrogens (tertiary/aromatic N) is 2. The molecule has 5 N–H and O–H groups in total. The number of halogens is 1. The zero-order valence-electron chi connectivity index (χ0n) is 16.1. The lowest BCUT2D eigenvalue weighted by atomic mass is 9.99. The van der Waals surface area contributed by atoms with Gasteiger partial charge in [0, 0.05) is 36.7 Å². The molecule has 2 atom stereocenters. The maximum atomic E-state index is 12.9. The van der Waals surface area contributed by atoms with E-state index in [1.165, 1.54) is 0 Å². The number of fused-ring (bicyclic) bond motifs is 1. The van der Waals surface area contributed by atoms with Crippen LogP contribution >= 0.6 is 11.6 Å². The van der Waals surface area contributed by atoms with E-state index < -0.39 is 6.04 Å². The van der Waals surface area contributed by atoms with Crippen LogP contribution in [0.3, 0.4) is 0 Å². The molecule has 2 unspecified atom stereocenters. The number of carbonyl (C=O) groups excluding carboxylic acids is 1. The quantitative estimate of drug-likeness (QED) is 0.480. The van der Waals surface area contributed by atoms with Crippen LogP contribution in [0.4, 0.5) is 0 Å². The first-order chi connectivity index (χ1) is 14.5. The Morgan fingerprint density at radius 2 is 2.07 bits per heavy atom. The number of benzene rings is 2. The normalized spacial score (nSPS) is 16.4. The Morgan fingerprint density at radius 3 is 2.77 bits per heavy atom. The molecule has 2 aromatic carbocycles. The summed E-state index contributed by atoms with van der Waals surface area (Å²) in [5.74, 6) is 0.228. The fourth-order valence-corrected chi connectivity index (χ4v) is 3.55. The SMILES string of the molecule is NCCC(=O)NC(c1ccc(Cl)cc1)c1nc2ccc(C3C=NNC3)cc2c(=O)[nH]1.